The van der Waals surface area contributed by atoms with Gasteiger partial charge >= 0.3 is 5.97 Å². The monoisotopic (exact) mass is 310 g/mol. The third-order valence-electron chi connectivity index (χ3n) is 3.57. The Labute approximate surface area is 126 Å². The summed E-state index contributed by atoms with van der Waals surface area (Å²) in [5, 5.41) is 10.0. The van der Waals surface area contributed by atoms with Gasteiger partial charge in [-0.2, -0.15) is 0 Å². The van der Waals surface area contributed by atoms with Gasteiger partial charge in [-0.05, 0) is 29.5 Å². The second kappa shape index (κ2) is 5.11. The molecule has 0 saturated heterocycles. The molecule has 0 aliphatic heterocycles. The van der Waals surface area contributed by atoms with E-state index in [1.54, 1.807) is 12.5 Å². The van der Waals surface area contributed by atoms with E-state index in [4.69, 9.17) is 28.3 Å². The Hall–Kier alpha value is -1.52. The third-order valence-corrected chi connectivity index (χ3v) is 4.11. The lowest BCUT2D eigenvalue weighted by atomic mass is 10.1. The molecule has 0 spiro atoms. The molecule has 104 valence electrons. The number of carbonyl (C=O) groups is 1. The molecule has 1 aromatic carbocycles. The molecule has 20 heavy (non-hydrogen) atoms. The minimum absolute atomic E-state index is 0.0988. The summed E-state index contributed by atoms with van der Waals surface area (Å²) in [4.78, 5) is 14.8. The van der Waals surface area contributed by atoms with Crippen LogP contribution in [0.15, 0.2) is 30.7 Å². The molecule has 3 rings (SSSR count). The molecule has 2 atom stereocenters. The lowest BCUT2D eigenvalue weighted by Gasteiger charge is -2.07. The van der Waals surface area contributed by atoms with Crippen LogP contribution in [0.3, 0.4) is 0 Å². The van der Waals surface area contributed by atoms with Gasteiger partial charge in [0.25, 0.3) is 0 Å². The van der Waals surface area contributed by atoms with E-state index in [0.717, 1.165) is 11.1 Å². The van der Waals surface area contributed by atoms with Crippen molar-refractivity contribution in [2.45, 2.75) is 18.9 Å². The number of hydrogen-bond acceptors (Lipinski definition) is 2. The van der Waals surface area contributed by atoms with Crippen molar-refractivity contribution in [2.75, 3.05) is 0 Å². The van der Waals surface area contributed by atoms with E-state index in [2.05, 4.69) is 4.98 Å². The van der Waals surface area contributed by atoms with Gasteiger partial charge < -0.3 is 9.67 Å². The van der Waals surface area contributed by atoms with Crippen molar-refractivity contribution in [1.82, 2.24) is 9.55 Å². The standard InChI is InChI=1S/C14H12Cl2N2O2/c15-12-3-8(10-4-11(10)14(19)20)1-2-9(12)5-18-6-13(16)17-7-18/h1-3,6-7,10-11H,4-5H2,(H,19,20)/t10-,11+/m1/s1. The smallest absolute Gasteiger partial charge is 0.307 e. The summed E-state index contributed by atoms with van der Waals surface area (Å²) in [6, 6.07) is 5.75. The molecule has 1 aromatic heterocycles. The van der Waals surface area contributed by atoms with Crippen LogP contribution in [0.25, 0.3) is 0 Å². The largest absolute Gasteiger partial charge is 0.481 e. The van der Waals surface area contributed by atoms with Crippen molar-refractivity contribution in [3.05, 3.63) is 52.0 Å². The fraction of sp³-hybridized carbons (Fsp3) is 0.286. The zero-order chi connectivity index (χ0) is 14.3. The number of benzene rings is 1. The number of hydrogen-bond donors (Lipinski definition) is 1. The second-order valence-corrected chi connectivity index (χ2v) is 5.80. The van der Waals surface area contributed by atoms with Gasteiger partial charge in [0.2, 0.25) is 0 Å². The molecule has 0 radical (unpaired) electrons. The van der Waals surface area contributed by atoms with Crippen LogP contribution in [0.2, 0.25) is 10.2 Å². The lowest BCUT2D eigenvalue weighted by molar-refractivity contribution is -0.138. The Balaban J connectivity index is 1.76. The number of rotatable bonds is 4. The molecular formula is C14H12Cl2N2O2. The highest BCUT2D eigenvalue weighted by molar-refractivity contribution is 6.31. The van der Waals surface area contributed by atoms with Crippen LogP contribution >= 0.6 is 23.2 Å². The summed E-state index contributed by atoms with van der Waals surface area (Å²) in [6.07, 6.45) is 4.07. The van der Waals surface area contributed by atoms with Crippen molar-refractivity contribution in [3.63, 3.8) is 0 Å². The summed E-state index contributed by atoms with van der Waals surface area (Å²) in [5.41, 5.74) is 1.95. The maximum absolute atomic E-state index is 10.9. The maximum Gasteiger partial charge on any atom is 0.307 e. The number of imidazole rings is 1. The number of carboxylic acid groups (broad SMARTS) is 1. The molecule has 2 aromatic rings. The van der Waals surface area contributed by atoms with Crippen molar-refractivity contribution >= 4 is 29.2 Å². The summed E-state index contributed by atoms with van der Waals surface area (Å²) >= 11 is 12.0. The highest BCUT2D eigenvalue weighted by Gasteiger charge is 2.44. The van der Waals surface area contributed by atoms with Crippen LogP contribution in [-0.4, -0.2) is 20.6 Å². The van der Waals surface area contributed by atoms with Crippen LogP contribution in [-0.2, 0) is 11.3 Å². The number of halogens is 2. The number of nitrogens with zero attached hydrogens (tertiary/aromatic N) is 2. The first-order valence-electron chi connectivity index (χ1n) is 6.23. The first kappa shape index (κ1) is 13.5. The van der Waals surface area contributed by atoms with E-state index in [-0.39, 0.29) is 11.8 Å². The fourth-order valence-corrected chi connectivity index (χ4v) is 2.79. The number of carboxylic acids is 1. The topological polar surface area (TPSA) is 55.1 Å². The molecule has 0 unspecified atom stereocenters. The summed E-state index contributed by atoms with van der Waals surface area (Å²) in [6.45, 7) is 0.589. The van der Waals surface area contributed by atoms with Gasteiger partial charge in [0.15, 0.2) is 0 Å². The summed E-state index contributed by atoms with van der Waals surface area (Å²) in [5.74, 6) is -0.894. The lowest BCUT2D eigenvalue weighted by Crippen LogP contribution is -2.00. The summed E-state index contributed by atoms with van der Waals surface area (Å²) < 4.78 is 1.85. The average molecular weight is 311 g/mol. The van der Waals surface area contributed by atoms with Crippen molar-refractivity contribution in [1.29, 1.82) is 0 Å². The highest BCUT2D eigenvalue weighted by Crippen LogP contribution is 2.48. The highest BCUT2D eigenvalue weighted by atomic mass is 35.5. The van der Waals surface area contributed by atoms with Crippen LogP contribution in [0.5, 0.6) is 0 Å². The SMILES string of the molecule is O=C(O)[C@H]1C[C@@H]1c1ccc(Cn2cnc(Cl)c2)c(Cl)c1. The molecule has 6 heteroatoms. The van der Waals surface area contributed by atoms with E-state index in [9.17, 15) is 4.79 Å². The van der Waals surface area contributed by atoms with E-state index in [0.29, 0.717) is 23.1 Å². The van der Waals surface area contributed by atoms with Crippen molar-refractivity contribution < 1.29 is 9.90 Å². The predicted octanol–water partition coefficient (Wildman–Crippen LogP) is 3.43. The van der Waals surface area contributed by atoms with Crippen molar-refractivity contribution in [2.24, 2.45) is 5.92 Å². The first-order valence-corrected chi connectivity index (χ1v) is 6.98. The Morgan fingerprint density at radius 3 is 2.80 bits per heavy atom. The Morgan fingerprint density at radius 2 is 2.25 bits per heavy atom. The molecule has 1 aliphatic carbocycles. The summed E-state index contributed by atoms with van der Waals surface area (Å²) in [7, 11) is 0. The van der Waals surface area contributed by atoms with Gasteiger partial charge in [-0.3, -0.25) is 4.79 Å². The normalized spacial score (nSPS) is 20.9. The van der Waals surface area contributed by atoms with Gasteiger partial charge in [-0.25, -0.2) is 4.98 Å². The van der Waals surface area contributed by atoms with Crippen LogP contribution in [0.4, 0.5) is 0 Å². The molecule has 1 saturated carbocycles. The van der Waals surface area contributed by atoms with E-state index in [1.807, 2.05) is 22.8 Å². The Morgan fingerprint density at radius 1 is 1.45 bits per heavy atom. The molecular weight excluding hydrogens is 299 g/mol. The molecule has 4 nitrogen and oxygen atoms in total. The molecule has 1 aliphatic rings. The van der Waals surface area contributed by atoms with E-state index >= 15 is 0 Å². The van der Waals surface area contributed by atoms with Crippen LogP contribution in [0, 0.1) is 5.92 Å². The third kappa shape index (κ3) is 2.67. The number of aliphatic carboxylic acids is 1. The van der Waals surface area contributed by atoms with Gasteiger partial charge in [-0.1, -0.05) is 35.3 Å². The van der Waals surface area contributed by atoms with Crippen LogP contribution < -0.4 is 0 Å². The first-order chi connectivity index (χ1) is 9.54. The molecule has 0 bridgehead atoms. The maximum atomic E-state index is 10.9. The van der Waals surface area contributed by atoms with E-state index < -0.39 is 5.97 Å². The fourth-order valence-electron chi connectivity index (χ4n) is 2.37. The van der Waals surface area contributed by atoms with Gasteiger partial charge in [0, 0.05) is 11.2 Å². The Kier molecular flexibility index (Phi) is 3.44. The molecule has 0 amide bonds. The van der Waals surface area contributed by atoms with Gasteiger partial charge in [0.1, 0.15) is 5.15 Å². The minimum Gasteiger partial charge on any atom is -0.481 e. The van der Waals surface area contributed by atoms with Crippen molar-refractivity contribution in [3.8, 4) is 0 Å². The average Bonchev–Trinajstić information content (AvgIpc) is 3.10. The number of aromatic nitrogens is 2. The zero-order valence-electron chi connectivity index (χ0n) is 10.5. The molecule has 1 N–H and O–H groups in total. The molecule has 1 heterocycles. The van der Waals surface area contributed by atoms with Gasteiger partial charge in [0.05, 0.1) is 18.8 Å². The predicted molar refractivity (Wildman–Crippen MR) is 76.3 cm³/mol. The Bertz CT molecular complexity index is 669. The minimum atomic E-state index is -0.733. The van der Waals surface area contributed by atoms with Crippen LogP contribution in [0.1, 0.15) is 23.5 Å². The zero-order valence-corrected chi connectivity index (χ0v) is 12.0. The second-order valence-electron chi connectivity index (χ2n) is 5.01. The van der Waals surface area contributed by atoms with E-state index in [1.165, 1.54) is 0 Å². The quantitative estimate of drug-likeness (QED) is 0.941. The molecule has 1 fully saturated rings. The van der Waals surface area contributed by atoms with Gasteiger partial charge in [-0.15, -0.1) is 0 Å².